The van der Waals surface area contributed by atoms with Crippen LogP contribution in [0.1, 0.15) is 11.1 Å². The van der Waals surface area contributed by atoms with Gasteiger partial charge in [0.05, 0.1) is 17.8 Å². The summed E-state index contributed by atoms with van der Waals surface area (Å²) < 4.78 is 0. The lowest BCUT2D eigenvalue weighted by molar-refractivity contribution is 1.04. The van der Waals surface area contributed by atoms with Gasteiger partial charge >= 0.3 is 0 Å². The highest BCUT2D eigenvalue weighted by molar-refractivity contribution is 7.80. The summed E-state index contributed by atoms with van der Waals surface area (Å²) in [6.07, 6.45) is 1.57. The van der Waals surface area contributed by atoms with E-state index in [-0.39, 0.29) is 5.11 Å². The standard InChI is InChI=1S/C9H8N4S/c10-5-7-1-3-8(4-2-7)6-12-13-9(11)14/h1-4,6H,(H3,11,13,14). The van der Waals surface area contributed by atoms with Crippen molar-refractivity contribution in [3.63, 3.8) is 0 Å². The summed E-state index contributed by atoms with van der Waals surface area (Å²) in [5, 5.41) is 12.4. The normalized spacial score (nSPS) is 9.64. The van der Waals surface area contributed by atoms with E-state index in [0.717, 1.165) is 5.56 Å². The van der Waals surface area contributed by atoms with Crippen LogP contribution in [0.2, 0.25) is 0 Å². The van der Waals surface area contributed by atoms with Crippen molar-refractivity contribution < 1.29 is 0 Å². The number of hydrazone groups is 1. The Morgan fingerprint density at radius 3 is 2.64 bits per heavy atom. The molecule has 1 rings (SSSR count). The molecule has 0 saturated heterocycles. The zero-order valence-corrected chi connectivity index (χ0v) is 8.08. The topological polar surface area (TPSA) is 74.2 Å². The van der Waals surface area contributed by atoms with Gasteiger partial charge in [0.1, 0.15) is 0 Å². The predicted octanol–water partition coefficient (Wildman–Crippen LogP) is 0.725. The van der Waals surface area contributed by atoms with Gasteiger partial charge in [-0.05, 0) is 29.9 Å². The number of nitriles is 1. The Balaban J connectivity index is 2.65. The van der Waals surface area contributed by atoms with E-state index < -0.39 is 0 Å². The van der Waals surface area contributed by atoms with Crippen molar-refractivity contribution in [2.24, 2.45) is 10.8 Å². The maximum Gasteiger partial charge on any atom is 0.184 e. The smallest absolute Gasteiger partial charge is 0.184 e. The van der Waals surface area contributed by atoms with Crippen LogP contribution in [0.15, 0.2) is 29.4 Å². The third kappa shape index (κ3) is 3.21. The van der Waals surface area contributed by atoms with Crippen LogP contribution < -0.4 is 11.2 Å². The average molecular weight is 204 g/mol. The first-order valence-corrected chi connectivity index (χ1v) is 4.22. The molecule has 0 radical (unpaired) electrons. The molecule has 0 unspecified atom stereocenters. The number of rotatable bonds is 2. The fourth-order valence-electron chi connectivity index (χ4n) is 0.814. The Bertz CT molecular complexity index is 388. The van der Waals surface area contributed by atoms with Crippen molar-refractivity contribution in [1.82, 2.24) is 5.43 Å². The molecule has 0 fully saturated rings. The average Bonchev–Trinajstić information content (AvgIpc) is 2.18. The predicted molar refractivity (Wildman–Crippen MR) is 58.7 cm³/mol. The van der Waals surface area contributed by atoms with Crippen LogP contribution in [0.5, 0.6) is 0 Å². The fourth-order valence-corrected chi connectivity index (χ4v) is 0.867. The van der Waals surface area contributed by atoms with E-state index in [1.54, 1.807) is 30.5 Å². The Hall–Kier alpha value is -1.93. The van der Waals surface area contributed by atoms with Crippen molar-refractivity contribution in [1.29, 1.82) is 5.26 Å². The molecule has 1 aromatic carbocycles. The molecule has 1 aromatic rings. The number of nitrogens with one attached hydrogen (secondary N) is 1. The molecule has 3 N–H and O–H groups in total. The SMILES string of the molecule is N#Cc1ccc(C=NNC(N)=S)cc1. The molecule has 4 nitrogen and oxygen atoms in total. The molecule has 0 saturated carbocycles. The summed E-state index contributed by atoms with van der Waals surface area (Å²) in [4.78, 5) is 0. The van der Waals surface area contributed by atoms with Crippen LogP contribution in [-0.2, 0) is 0 Å². The van der Waals surface area contributed by atoms with Crippen LogP contribution >= 0.6 is 12.2 Å². The molecule has 14 heavy (non-hydrogen) atoms. The van der Waals surface area contributed by atoms with E-state index in [9.17, 15) is 0 Å². The van der Waals surface area contributed by atoms with Crippen LogP contribution in [0.3, 0.4) is 0 Å². The van der Waals surface area contributed by atoms with Crippen LogP contribution in [0.4, 0.5) is 0 Å². The Kier molecular flexibility index (Phi) is 3.58. The van der Waals surface area contributed by atoms with Gasteiger partial charge in [0, 0.05) is 0 Å². The minimum Gasteiger partial charge on any atom is -0.375 e. The Morgan fingerprint density at radius 2 is 2.14 bits per heavy atom. The quantitative estimate of drug-likeness (QED) is 0.423. The summed E-state index contributed by atoms with van der Waals surface area (Å²) in [6.45, 7) is 0. The molecule has 0 aliphatic rings. The molecular weight excluding hydrogens is 196 g/mol. The maximum absolute atomic E-state index is 8.55. The second-order valence-electron chi connectivity index (χ2n) is 2.47. The second kappa shape index (κ2) is 4.94. The van der Waals surface area contributed by atoms with Gasteiger partial charge in [0.15, 0.2) is 5.11 Å². The number of benzene rings is 1. The van der Waals surface area contributed by atoms with Crippen LogP contribution in [-0.4, -0.2) is 11.3 Å². The number of hydrogen-bond donors (Lipinski definition) is 2. The van der Waals surface area contributed by atoms with Crippen molar-refractivity contribution in [2.75, 3.05) is 0 Å². The minimum absolute atomic E-state index is 0.120. The van der Waals surface area contributed by atoms with Gasteiger partial charge in [0.2, 0.25) is 0 Å². The van der Waals surface area contributed by atoms with E-state index in [1.165, 1.54) is 0 Å². The molecule has 5 heteroatoms. The number of thiocarbonyl (C=S) groups is 1. The van der Waals surface area contributed by atoms with E-state index in [1.807, 2.05) is 6.07 Å². The van der Waals surface area contributed by atoms with Crippen molar-refractivity contribution >= 4 is 23.5 Å². The highest BCUT2D eigenvalue weighted by atomic mass is 32.1. The van der Waals surface area contributed by atoms with Crippen LogP contribution in [0, 0.1) is 11.3 Å². The first-order chi connectivity index (χ1) is 6.72. The third-order valence-corrected chi connectivity index (χ3v) is 1.52. The Labute approximate surface area is 87.0 Å². The maximum atomic E-state index is 8.55. The van der Waals surface area contributed by atoms with E-state index >= 15 is 0 Å². The molecule has 70 valence electrons. The Morgan fingerprint density at radius 1 is 1.50 bits per heavy atom. The highest BCUT2D eigenvalue weighted by Crippen LogP contribution is 2.00. The van der Waals surface area contributed by atoms with Crippen molar-refractivity contribution in [2.45, 2.75) is 0 Å². The van der Waals surface area contributed by atoms with Gasteiger partial charge in [-0.15, -0.1) is 0 Å². The lowest BCUT2D eigenvalue weighted by Crippen LogP contribution is -2.23. The van der Waals surface area contributed by atoms with E-state index in [4.69, 9.17) is 11.0 Å². The number of nitrogens with zero attached hydrogens (tertiary/aromatic N) is 2. The molecular formula is C9H8N4S. The minimum atomic E-state index is 0.120. The second-order valence-corrected chi connectivity index (χ2v) is 2.91. The first-order valence-electron chi connectivity index (χ1n) is 3.81. The van der Waals surface area contributed by atoms with Gasteiger partial charge in [-0.3, -0.25) is 5.43 Å². The highest BCUT2D eigenvalue weighted by Gasteiger charge is 1.89. The van der Waals surface area contributed by atoms with E-state index in [0.29, 0.717) is 5.56 Å². The zero-order valence-electron chi connectivity index (χ0n) is 7.27. The summed E-state index contributed by atoms with van der Waals surface area (Å²) in [5.74, 6) is 0. The van der Waals surface area contributed by atoms with E-state index in [2.05, 4.69) is 22.7 Å². The lowest BCUT2D eigenvalue weighted by atomic mass is 10.2. The fraction of sp³-hybridized carbons (Fsp3) is 0. The van der Waals surface area contributed by atoms with Gasteiger partial charge < -0.3 is 5.73 Å². The lowest BCUT2D eigenvalue weighted by Gasteiger charge is -1.94. The van der Waals surface area contributed by atoms with Gasteiger partial charge in [-0.2, -0.15) is 10.4 Å². The molecule has 0 aromatic heterocycles. The number of hydrogen-bond acceptors (Lipinski definition) is 3. The largest absolute Gasteiger partial charge is 0.375 e. The summed E-state index contributed by atoms with van der Waals surface area (Å²) in [5.41, 5.74) is 9.09. The molecule has 0 atom stereocenters. The monoisotopic (exact) mass is 204 g/mol. The summed E-state index contributed by atoms with van der Waals surface area (Å²) in [7, 11) is 0. The first kappa shape index (κ1) is 10.2. The van der Waals surface area contributed by atoms with Crippen molar-refractivity contribution in [3.05, 3.63) is 35.4 Å². The molecule has 0 bridgehead atoms. The van der Waals surface area contributed by atoms with Crippen molar-refractivity contribution in [3.8, 4) is 6.07 Å². The zero-order chi connectivity index (χ0) is 10.4. The molecule has 0 aliphatic carbocycles. The molecule has 0 amide bonds. The number of nitrogens with two attached hydrogens (primary N) is 1. The molecule has 0 spiro atoms. The van der Waals surface area contributed by atoms with Gasteiger partial charge in [-0.25, -0.2) is 0 Å². The van der Waals surface area contributed by atoms with Gasteiger partial charge in [-0.1, -0.05) is 12.1 Å². The molecule has 0 heterocycles. The van der Waals surface area contributed by atoms with Crippen LogP contribution in [0.25, 0.3) is 0 Å². The third-order valence-electron chi connectivity index (χ3n) is 1.43. The summed E-state index contributed by atoms with van der Waals surface area (Å²) >= 11 is 4.56. The molecule has 0 aliphatic heterocycles. The van der Waals surface area contributed by atoms with Gasteiger partial charge in [0.25, 0.3) is 0 Å². The summed E-state index contributed by atoms with van der Waals surface area (Å²) in [6, 6.07) is 9.01.